The number of anilines is 2. The molecule has 0 atom stereocenters. The predicted molar refractivity (Wildman–Crippen MR) is 200 cm³/mol. The van der Waals surface area contributed by atoms with E-state index in [1.165, 1.54) is 16.3 Å². The van der Waals surface area contributed by atoms with Gasteiger partial charge in [-0.2, -0.15) is 0 Å². The lowest BCUT2D eigenvalue weighted by Gasteiger charge is -2.37. The maximum atomic E-state index is 14.3. The first-order chi connectivity index (χ1) is 24.0. The predicted octanol–water partition coefficient (Wildman–Crippen LogP) is 6.50. The SMILES string of the molecule is CN(c1ccccn1)C1CCN(CC(=O)N(Cc2cccc3ccccc23)c2ccc3c(c2)nc(CCc2ccc(CN)cc2)n3C)CC1. The average molecular weight is 652 g/mol. The zero-order valence-corrected chi connectivity index (χ0v) is 28.5. The molecule has 0 radical (unpaired) electrons. The number of aryl methyl sites for hydroxylation is 3. The molecule has 0 spiro atoms. The molecule has 1 saturated heterocycles. The second-order valence-electron chi connectivity index (χ2n) is 13.2. The van der Waals surface area contributed by atoms with E-state index in [1.807, 2.05) is 23.2 Å². The van der Waals surface area contributed by atoms with Crippen LogP contribution in [0, 0.1) is 0 Å². The van der Waals surface area contributed by atoms with Gasteiger partial charge in [0, 0.05) is 58.1 Å². The molecular weight excluding hydrogens is 606 g/mol. The highest BCUT2D eigenvalue weighted by molar-refractivity contribution is 5.97. The number of amides is 1. The normalized spacial score (nSPS) is 14.0. The van der Waals surface area contributed by atoms with Gasteiger partial charge in [0.25, 0.3) is 0 Å². The molecule has 49 heavy (non-hydrogen) atoms. The number of hydrogen-bond acceptors (Lipinski definition) is 6. The number of benzene rings is 4. The summed E-state index contributed by atoms with van der Waals surface area (Å²) in [5.74, 6) is 2.12. The number of nitrogens with zero attached hydrogens (tertiary/aromatic N) is 6. The molecule has 8 nitrogen and oxygen atoms in total. The zero-order chi connectivity index (χ0) is 33.7. The Balaban J connectivity index is 1.12. The second kappa shape index (κ2) is 14.6. The number of carbonyl (C=O) groups excluding carboxylic acids is 1. The molecule has 0 bridgehead atoms. The Morgan fingerprint density at radius 1 is 0.878 bits per heavy atom. The fraction of sp³-hybridized carbons (Fsp3) is 0.293. The van der Waals surface area contributed by atoms with E-state index < -0.39 is 0 Å². The van der Waals surface area contributed by atoms with Crippen molar-refractivity contribution in [3.8, 4) is 0 Å². The van der Waals surface area contributed by atoms with Crippen molar-refractivity contribution in [1.29, 1.82) is 0 Å². The number of rotatable bonds is 11. The Hall–Kier alpha value is -5.05. The number of pyridine rings is 1. The van der Waals surface area contributed by atoms with Crippen LogP contribution in [0.4, 0.5) is 11.5 Å². The van der Waals surface area contributed by atoms with Crippen molar-refractivity contribution < 1.29 is 4.79 Å². The van der Waals surface area contributed by atoms with Gasteiger partial charge in [0.05, 0.1) is 24.1 Å². The van der Waals surface area contributed by atoms with Crippen LogP contribution in [-0.2, 0) is 37.8 Å². The third-order valence-electron chi connectivity index (χ3n) is 10.1. The van der Waals surface area contributed by atoms with E-state index in [0.29, 0.717) is 25.7 Å². The van der Waals surface area contributed by atoms with Gasteiger partial charge in [0.2, 0.25) is 5.91 Å². The van der Waals surface area contributed by atoms with Crippen LogP contribution in [0.5, 0.6) is 0 Å². The van der Waals surface area contributed by atoms with Crippen molar-refractivity contribution in [3.05, 3.63) is 132 Å². The van der Waals surface area contributed by atoms with Crippen LogP contribution < -0.4 is 15.5 Å². The molecular formula is C41H45N7O. The van der Waals surface area contributed by atoms with E-state index in [-0.39, 0.29) is 5.91 Å². The Morgan fingerprint density at radius 2 is 1.63 bits per heavy atom. The van der Waals surface area contributed by atoms with Gasteiger partial charge in [0.15, 0.2) is 0 Å². The van der Waals surface area contributed by atoms with E-state index in [9.17, 15) is 4.79 Å². The van der Waals surface area contributed by atoms with E-state index >= 15 is 0 Å². The molecule has 0 aliphatic carbocycles. The Labute approximate surface area is 288 Å². The van der Waals surface area contributed by atoms with Crippen LogP contribution >= 0.6 is 0 Å². The first kappa shape index (κ1) is 32.5. The molecule has 1 aliphatic rings. The minimum atomic E-state index is 0.0981. The van der Waals surface area contributed by atoms with Gasteiger partial charge in [-0.15, -0.1) is 0 Å². The molecule has 3 heterocycles. The summed E-state index contributed by atoms with van der Waals surface area (Å²) < 4.78 is 2.18. The monoisotopic (exact) mass is 651 g/mol. The summed E-state index contributed by atoms with van der Waals surface area (Å²) in [6.45, 7) is 3.15. The highest BCUT2D eigenvalue weighted by atomic mass is 16.2. The summed E-state index contributed by atoms with van der Waals surface area (Å²) in [4.78, 5) is 30.5. The molecule has 250 valence electrons. The van der Waals surface area contributed by atoms with Crippen LogP contribution in [-0.4, -0.2) is 58.1 Å². The number of piperidine rings is 1. The molecule has 0 saturated carbocycles. The molecule has 1 aliphatic heterocycles. The number of hydrogen-bond donors (Lipinski definition) is 1. The van der Waals surface area contributed by atoms with Crippen molar-refractivity contribution >= 4 is 39.2 Å². The molecule has 0 unspecified atom stereocenters. The summed E-state index contributed by atoms with van der Waals surface area (Å²) in [6, 6.07) is 36.0. The summed E-state index contributed by atoms with van der Waals surface area (Å²) in [6.07, 6.45) is 5.55. The zero-order valence-electron chi connectivity index (χ0n) is 28.5. The van der Waals surface area contributed by atoms with Crippen molar-refractivity contribution in [3.63, 3.8) is 0 Å². The van der Waals surface area contributed by atoms with Gasteiger partial charge in [-0.1, -0.05) is 72.8 Å². The first-order valence-electron chi connectivity index (χ1n) is 17.3. The van der Waals surface area contributed by atoms with Crippen LogP contribution in [0.1, 0.15) is 35.4 Å². The van der Waals surface area contributed by atoms with Crippen molar-refractivity contribution in [2.45, 2.75) is 44.8 Å². The maximum Gasteiger partial charge on any atom is 0.241 e. The minimum Gasteiger partial charge on any atom is -0.357 e. The molecule has 7 rings (SSSR count). The third-order valence-corrected chi connectivity index (χ3v) is 10.1. The Morgan fingerprint density at radius 3 is 2.41 bits per heavy atom. The van der Waals surface area contributed by atoms with Gasteiger partial charge >= 0.3 is 0 Å². The number of likely N-dealkylation sites (tertiary alicyclic amines) is 1. The molecule has 2 N–H and O–H groups in total. The fourth-order valence-corrected chi connectivity index (χ4v) is 7.14. The van der Waals surface area contributed by atoms with E-state index in [2.05, 4.69) is 124 Å². The van der Waals surface area contributed by atoms with Crippen molar-refractivity contribution in [2.75, 3.05) is 36.5 Å². The largest absolute Gasteiger partial charge is 0.357 e. The summed E-state index contributed by atoms with van der Waals surface area (Å²) in [5, 5.41) is 2.34. The molecule has 2 aromatic heterocycles. The van der Waals surface area contributed by atoms with E-state index in [4.69, 9.17) is 10.7 Å². The number of carbonyl (C=O) groups is 1. The van der Waals surface area contributed by atoms with E-state index in [1.54, 1.807) is 0 Å². The fourth-order valence-electron chi connectivity index (χ4n) is 7.14. The summed E-state index contributed by atoms with van der Waals surface area (Å²) >= 11 is 0. The highest BCUT2D eigenvalue weighted by Crippen LogP contribution is 2.28. The van der Waals surface area contributed by atoms with Crippen LogP contribution in [0.2, 0.25) is 0 Å². The molecule has 4 aromatic carbocycles. The number of nitrogens with two attached hydrogens (primary N) is 1. The quantitative estimate of drug-likeness (QED) is 0.172. The number of fused-ring (bicyclic) bond motifs is 2. The molecule has 6 aromatic rings. The summed E-state index contributed by atoms with van der Waals surface area (Å²) in [7, 11) is 4.20. The van der Waals surface area contributed by atoms with Crippen LogP contribution in [0.15, 0.2) is 109 Å². The lowest BCUT2D eigenvalue weighted by atomic mass is 10.0. The van der Waals surface area contributed by atoms with Gasteiger partial charge in [-0.25, -0.2) is 9.97 Å². The van der Waals surface area contributed by atoms with Gasteiger partial charge < -0.3 is 20.1 Å². The molecule has 8 heteroatoms. The lowest BCUT2D eigenvalue weighted by molar-refractivity contribution is -0.120. The molecule has 1 fully saturated rings. The Kier molecular flexibility index (Phi) is 9.68. The average Bonchev–Trinajstić information content (AvgIpc) is 3.47. The maximum absolute atomic E-state index is 14.3. The third kappa shape index (κ3) is 7.21. The van der Waals surface area contributed by atoms with Gasteiger partial charge in [0.1, 0.15) is 11.6 Å². The van der Waals surface area contributed by atoms with Crippen LogP contribution in [0.25, 0.3) is 21.8 Å². The first-order valence-corrected chi connectivity index (χ1v) is 17.3. The topological polar surface area (TPSA) is 83.5 Å². The van der Waals surface area contributed by atoms with Crippen molar-refractivity contribution in [1.82, 2.24) is 19.4 Å². The number of imidazole rings is 1. The van der Waals surface area contributed by atoms with Gasteiger partial charge in [-0.05, 0) is 77.1 Å². The number of aromatic nitrogens is 3. The van der Waals surface area contributed by atoms with Gasteiger partial charge in [-0.3, -0.25) is 9.69 Å². The Bertz CT molecular complexity index is 2030. The lowest BCUT2D eigenvalue weighted by Crippen LogP contribution is -2.47. The van der Waals surface area contributed by atoms with Crippen molar-refractivity contribution in [2.24, 2.45) is 12.8 Å². The highest BCUT2D eigenvalue weighted by Gasteiger charge is 2.27. The smallest absolute Gasteiger partial charge is 0.241 e. The van der Waals surface area contributed by atoms with Crippen LogP contribution in [0.3, 0.4) is 0 Å². The van der Waals surface area contributed by atoms with E-state index in [0.717, 1.165) is 78.3 Å². The summed E-state index contributed by atoms with van der Waals surface area (Å²) in [5.41, 5.74) is 12.2. The standard InChI is InChI=1S/C41H45N7O/c1-45(39-12-5-6-23-43-39)34-21-24-47(25-22-34)29-41(49)48(28-33-10-7-9-32-8-3-4-11-36(32)33)35-18-19-38-37(26-35)44-40(46(38)2)20-17-30-13-15-31(27-42)16-14-30/h3-16,18-19,23,26,34H,17,20-22,24-25,27-29,42H2,1-2H3. The molecule has 1 amide bonds. The second-order valence-corrected chi connectivity index (χ2v) is 13.2. The minimum absolute atomic E-state index is 0.0981.